The second kappa shape index (κ2) is 7.21. The normalized spacial score (nSPS) is 23.2. The molecular weight excluding hydrogens is 324 g/mol. The number of fused-ring (bicyclic) bond motifs is 1. The summed E-state index contributed by atoms with van der Waals surface area (Å²) in [6, 6.07) is 5.62. The molecule has 25 heavy (non-hydrogen) atoms. The van der Waals surface area contributed by atoms with Crippen LogP contribution in [0.3, 0.4) is 0 Å². The molecule has 0 saturated carbocycles. The molecule has 0 radical (unpaired) electrons. The van der Waals surface area contributed by atoms with Crippen molar-refractivity contribution in [3.8, 4) is 11.5 Å². The first-order valence-electron chi connectivity index (χ1n) is 8.52. The van der Waals surface area contributed by atoms with E-state index in [9.17, 15) is 14.7 Å². The van der Waals surface area contributed by atoms with Crippen LogP contribution in [0, 0.1) is 5.92 Å². The Morgan fingerprint density at radius 3 is 2.72 bits per heavy atom. The summed E-state index contributed by atoms with van der Waals surface area (Å²) in [7, 11) is 3.19. The number of carbonyl (C=O) groups excluding carboxylic acids is 1. The molecule has 2 aliphatic heterocycles. The van der Waals surface area contributed by atoms with Gasteiger partial charge < -0.3 is 24.4 Å². The Bertz CT molecular complexity index is 663. The molecule has 1 N–H and O–H groups in total. The highest BCUT2D eigenvalue weighted by molar-refractivity contribution is 5.78. The number of piperidine rings is 1. The number of urea groups is 1. The molecule has 1 aromatic carbocycles. The van der Waals surface area contributed by atoms with Gasteiger partial charge in [0.25, 0.3) is 0 Å². The van der Waals surface area contributed by atoms with Crippen molar-refractivity contribution in [1.29, 1.82) is 0 Å². The largest absolute Gasteiger partial charge is 0.497 e. The molecule has 2 unspecified atom stereocenters. The molecule has 2 heterocycles. The minimum atomic E-state index is -0.819. The molecule has 2 atom stereocenters. The maximum atomic E-state index is 12.8. The Morgan fingerprint density at radius 2 is 2.04 bits per heavy atom. The molecular formula is C18H24N2O5. The SMILES string of the molecule is COc1ccc(CN2CCC3CCC(C(=O)O)CN3C2=O)c(OC)c1. The van der Waals surface area contributed by atoms with Crippen LogP contribution in [0.1, 0.15) is 24.8 Å². The van der Waals surface area contributed by atoms with Gasteiger partial charge in [0.15, 0.2) is 0 Å². The number of carboxylic acid groups (broad SMARTS) is 1. The van der Waals surface area contributed by atoms with Gasteiger partial charge in [0, 0.05) is 30.8 Å². The van der Waals surface area contributed by atoms with Crippen LogP contribution in [0.5, 0.6) is 11.5 Å². The van der Waals surface area contributed by atoms with Crippen molar-refractivity contribution < 1.29 is 24.2 Å². The van der Waals surface area contributed by atoms with Crippen LogP contribution in [-0.4, -0.2) is 60.3 Å². The number of amides is 2. The van der Waals surface area contributed by atoms with E-state index in [4.69, 9.17) is 9.47 Å². The van der Waals surface area contributed by atoms with Gasteiger partial charge in [-0.15, -0.1) is 0 Å². The van der Waals surface area contributed by atoms with Crippen molar-refractivity contribution >= 4 is 12.0 Å². The number of benzene rings is 1. The summed E-state index contributed by atoms with van der Waals surface area (Å²) in [5, 5.41) is 9.25. The summed E-state index contributed by atoms with van der Waals surface area (Å²) in [5.74, 6) is 0.0955. The molecule has 2 fully saturated rings. The molecule has 7 nitrogen and oxygen atoms in total. The van der Waals surface area contributed by atoms with Crippen molar-refractivity contribution in [3.63, 3.8) is 0 Å². The van der Waals surface area contributed by atoms with E-state index in [-0.39, 0.29) is 12.1 Å². The fourth-order valence-electron chi connectivity index (χ4n) is 3.68. The Labute approximate surface area is 147 Å². The van der Waals surface area contributed by atoms with Crippen LogP contribution in [-0.2, 0) is 11.3 Å². The Morgan fingerprint density at radius 1 is 1.24 bits per heavy atom. The maximum Gasteiger partial charge on any atom is 0.320 e. The quantitative estimate of drug-likeness (QED) is 0.882. The van der Waals surface area contributed by atoms with Gasteiger partial charge in [-0.1, -0.05) is 0 Å². The number of carbonyl (C=O) groups is 2. The van der Waals surface area contributed by atoms with E-state index in [1.165, 1.54) is 0 Å². The molecule has 0 bridgehead atoms. The minimum absolute atomic E-state index is 0.0833. The van der Waals surface area contributed by atoms with Crippen LogP contribution in [0.25, 0.3) is 0 Å². The van der Waals surface area contributed by atoms with Gasteiger partial charge in [-0.05, 0) is 31.4 Å². The van der Waals surface area contributed by atoms with Gasteiger partial charge >= 0.3 is 12.0 Å². The zero-order valence-corrected chi connectivity index (χ0v) is 14.6. The van der Waals surface area contributed by atoms with Crippen LogP contribution >= 0.6 is 0 Å². The summed E-state index contributed by atoms with van der Waals surface area (Å²) >= 11 is 0. The average molecular weight is 348 g/mol. The molecule has 2 amide bonds. The number of methoxy groups -OCH3 is 2. The first-order chi connectivity index (χ1) is 12.0. The monoisotopic (exact) mass is 348 g/mol. The van der Waals surface area contributed by atoms with Crippen LogP contribution in [0.4, 0.5) is 4.79 Å². The van der Waals surface area contributed by atoms with Gasteiger partial charge in [-0.25, -0.2) is 4.79 Å². The second-order valence-electron chi connectivity index (χ2n) is 6.59. The third-order valence-electron chi connectivity index (χ3n) is 5.16. The fraction of sp³-hybridized carbons (Fsp3) is 0.556. The number of aliphatic carboxylic acids is 1. The van der Waals surface area contributed by atoms with Gasteiger partial charge in [-0.3, -0.25) is 4.79 Å². The first kappa shape index (κ1) is 17.4. The lowest BCUT2D eigenvalue weighted by atomic mass is 9.90. The van der Waals surface area contributed by atoms with E-state index < -0.39 is 11.9 Å². The fourth-order valence-corrected chi connectivity index (χ4v) is 3.68. The highest BCUT2D eigenvalue weighted by atomic mass is 16.5. The number of nitrogens with zero attached hydrogens (tertiary/aromatic N) is 2. The number of ether oxygens (including phenoxy) is 2. The molecule has 0 aromatic heterocycles. The van der Waals surface area contributed by atoms with E-state index in [0.29, 0.717) is 37.6 Å². The summed E-state index contributed by atoms with van der Waals surface area (Å²) in [6.07, 6.45) is 2.29. The average Bonchev–Trinajstić information content (AvgIpc) is 2.63. The summed E-state index contributed by atoms with van der Waals surface area (Å²) in [4.78, 5) is 27.6. The molecule has 7 heteroatoms. The van der Waals surface area contributed by atoms with E-state index in [0.717, 1.165) is 18.4 Å². The Kier molecular flexibility index (Phi) is 5.01. The third kappa shape index (κ3) is 3.50. The standard InChI is InChI=1S/C18H24N2O5/c1-24-15-6-4-12(16(9-15)25-2)10-19-8-7-14-5-3-13(17(21)22)11-20(14)18(19)23/h4,6,9,13-14H,3,5,7-8,10-11H2,1-2H3,(H,21,22). The zero-order chi connectivity index (χ0) is 18.0. The highest BCUT2D eigenvalue weighted by Crippen LogP contribution is 2.31. The van der Waals surface area contributed by atoms with Crippen molar-refractivity contribution in [3.05, 3.63) is 23.8 Å². The van der Waals surface area contributed by atoms with E-state index in [1.54, 1.807) is 30.1 Å². The third-order valence-corrected chi connectivity index (χ3v) is 5.16. The molecule has 2 saturated heterocycles. The number of hydrogen-bond donors (Lipinski definition) is 1. The zero-order valence-electron chi connectivity index (χ0n) is 14.6. The Hall–Kier alpha value is -2.44. The lowest BCUT2D eigenvalue weighted by Crippen LogP contribution is -2.58. The lowest BCUT2D eigenvalue weighted by Gasteiger charge is -2.45. The maximum absolute atomic E-state index is 12.8. The van der Waals surface area contributed by atoms with Crippen molar-refractivity contribution in [2.75, 3.05) is 27.3 Å². The number of carboxylic acids is 1. The van der Waals surface area contributed by atoms with E-state index in [2.05, 4.69) is 0 Å². The van der Waals surface area contributed by atoms with E-state index >= 15 is 0 Å². The summed E-state index contributed by atoms with van der Waals surface area (Å²) in [6.45, 7) is 1.41. The predicted octanol–water partition coefficient (Wildman–Crippen LogP) is 2.19. The number of hydrogen-bond acceptors (Lipinski definition) is 4. The first-order valence-corrected chi connectivity index (χ1v) is 8.52. The highest BCUT2D eigenvalue weighted by Gasteiger charge is 2.39. The molecule has 0 aliphatic carbocycles. The van der Waals surface area contributed by atoms with Crippen molar-refractivity contribution in [2.24, 2.45) is 5.92 Å². The van der Waals surface area contributed by atoms with Gasteiger partial charge in [0.05, 0.1) is 26.7 Å². The topological polar surface area (TPSA) is 79.3 Å². The van der Waals surface area contributed by atoms with Crippen LogP contribution < -0.4 is 9.47 Å². The van der Waals surface area contributed by atoms with Gasteiger partial charge in [0.1, 0.15) is 11.5 Å². The molecule has 3 rings (SSSR count). The van der Waals surface area contributed by atoms with Crippen LogP contribution in [0.15, 0.2) is 18.2 Å². The smallest absolute Gasteiger partial charge is 0.320 e. The predicted molar refractivity (Wildman–Crippen MR) is 90.8 cm³/mol. The van der Waals surface area contributed by atoms with E-state index in [1.807, 2.05) is 12.1 Å². The molecule has 136 valence electrons. The van der Waals surface area contributed by atoms with Crippen LogP contribution in [0.2, 0.25) is 0 Å². The second-order valence-corrected chi connectivity index (χ2v) is 6.59. The van der Waals surface area contributed by atoms with Crippen molar-refractivity contribution in [2.45, 2.75) is 31.8 Å². The summed E-state index contributed by atoms with van der Waals surface area (Å²) in [5.41, 5.74) is 0.905. The van der Waals surface area contributed by atoms with Gasteiger partial charge in [0.2, 0.25) is 0 Å². The lowest BCUT2D eigenvalue weighted by molar-refractivity contribution is -0.144. The summed E-state index contributed by atoms with van der Waals surface area (Å²) < 4.78 is 10.6. The number of rotatable bonds is 5. The molecule has 0 spiro atoms. The molecule has 1 aromatic rings. The van der Waals surface area contributed by atoms with Gasteiger partial charge in [-0.2, -0.15) is 0 Å². The Balaban J connectivity index is 1.74. The minimum Gasteiger partial charge on any atom is -0.497 e. The molecule has 2 aliphatic rings. The van der Waals surface area contributed by atoms with Crippen molar-refractivity contribution in [1.82, 2.24) is 9.80 Å².